The quantitative estimate of drug-likeness (QED) is 0.626. The van der Waals surface area contributed by atoms with Crippen molar-refractivity contribution in [2.45, 2.75) is 32.7 Å². The van der Waals surface area contributed by atoms with Crippen LogP contribution in [0.1, 0.15) is 26.7 Å². The molecule has 68 valence electrons. The molecule has 4 heteroatoms. The molecule has 1 fully saturated rings. The number of cyclic esters (lactones) is 1. The van der Waals surface area contributed by atoms with Gasteiger partial charge in [-0.15, -0.1) is 0 Å². The average Bonchev–Trinajstić information content (AvgIpc) is 2.45. The summed E-state index contributed by atoms with van der Waals surface area (Å²) in [7, 11) is 0. The van der Waals surface area contributed by atoms with Gasteiger partial charge in [0.1, 0.15) is 6.61 Å². The fourth-order valence-electron chi connectivity index (χ4n) is 1.24. The first-order chi connectivity index (χ1) is 5.70. The number of amides is 2. The molecule has 1 aliphatic heterocycles. The van der Waals surface area contributed by atoms with E-state index in [1.165, 1.54) is 4.90 Å². The van der Waals surface area contributed by atoms with Crippen LogP contribution < -0.4 is 0 Å². The van der Waals surface area contributed by atoms with E-state index in [4.69, 9.17) is 4.74 Å². The summed E-state index contributed by atoms with van der Waals surface area (Å²) in [6, 6.07) is -0.0510. The number of carbonyl (C=O) groups is 2. The minimum absolute atomic E-state index is 0.0510. The molecule has 0 spiro atoms. The second kappa shape index (κ2) is 3.56. The van der Waals surface area contributed by atoms with Crippen LogP contribution in [0.25, 0.3) is 0 Å². The van der Waals surface area contributed by atoms with Crippen LogP contribution in [0.3, 0.4) is 0 Å². The average molecular weight is 171 g/mol. The molecular weight excluding hydrogens is 158 g/mol. The summed E-state index contributed by atoms with van der Waals surface area (Å²) < 4.78 is 4.76. The van der Waals surface area contributed by atoms with Gasteiger partial charge in [-0.1, -0.05) is 13.8 Å². The maximum absolute atomic E-state index is 11.2. The molecule has 0 aromatic rings. The van der Waals surface area contributed by atoms with E-state index in [9.17, 15) is 9.59 Å². The topological polar surface area (TPSA) is 46.6 Å². The normalized spacial score (nSPS) is 22.7. The van der Waals surface area contributed by atoms with Crippen LogP contribution in [0.15, 0.2) is 0 Å². The van der Waals surface area contributed by atoms with Gasteiger partial charge in [0.15, 0.2) is 0 Å². The largest absolute Gasteiger partial charge is 0.447 e. The van der Waals surface area contributed by atoms with Gasteiger partial charge < -0.3 is 4.74 Å². The van der Waals surface area contributed by atoms with Gasteiger partial charge in [0, 0.05) is 6.42 Å². The van der Waals surface area contributed by atoms with Crippen molar-refractivity contribution < 1.29 is 14.3 Å². The molecule has 2 amide bonds. The standard InChI is InChI=1S/C8H13NO3/c1-3-6-5-12-8(11)9(6)7(10)4-2/h6H,3-5H2,1-2H3. The zero-order chi connectivity index (χ0) is 9.14. The van der Waals surface area contributed by atoms with Crippen LogP contribution in [0.5, 0.6) is 0 Å². The van der Waals surface area contributed by atoms with E-state index in [-0.39, 0.29) is 11.9 Å². The molecule has 0 aromatic carbocycles. The third-order valence-electron chi connectivity index (χ3n) is 2.00. The van der Waals surface area contributed by atoms with E-state index in [2.05, 4.69) is 0 Å². The first-order valence-corrected chi connectivity index (χ1v) is 4.19. The number of hydrogen-bond donors (Lipinski definition) is 0. The third kappa shape index (κ3) is 1.42. The molecule has 1 saturated heterocycles. The van der Waals surface area contributed by atoms with Crippen molar-refractivity contribution >= 4 is 12.0 Å². The van der Waals surface area contributed by atoms with Gasteiger partial charge in [-0.25, -0.2) is 9.69 Å². The van der Waals surface area contributed by atoms with E-state index in [1.807, 2.05) is 6.92 Å². The molecule has 1 rings (SSSR count). The lowest BCUT2D eigenvalue weighted by Crippen LogP contribution is -2.38. The Hall–Kier alpha value is -1.06. The molecule has 1 heterocycles. The highest BCUT2D eigenvalue weighted by Gasteiger charge is 2.35. The molecule has 0 N–H and O–H groups in total. The third-order valence-corrected chi connectivity index (χ3v) is 2.00. The first kappa shape index (κ1) is 9.03. The van der Waals surface area contributed by atoms with Gasteiger partial charge in [0.25, 0.3) is 0 Å². The number of rotatable bonds is 2. The summed E-state index contributed by atoms with van der Waals surface area (Å²) in [5.74, 6) is -0.149. The maximum Gasteiger partial charge on any atom is 0.416 e. The van der Waals surface area contributed by atoms with E-state index >= 15 is 0 Å². The van der Waals surface area contributed by atoms with Crippen LogP contribution in [-0.2, 0) is 9.53 Å². The molecule has 0 aliphatic carbocycles. The number of hydrogen-bond acceptors (Lipinski definition) is 3. The molecule has 0 bridgehead atoms. The zero-order valence-electron chi connectivity index (χ0n) is 7.37. The highest BCUT2D eigenvalue weighted by Crippen LogP contribution is 2.15. The smallest absolute Gasteiger partial charge is 0.416 e. The fraction of sp³-hybridized carbons (Fsp3) is 0.750. The molecule has 12 heavy (non-hydrogen) atoms. The van der Waals surface area contributed by atoms with Gasteiger partial charge in [0.2, 0.25) is 5.91 Å². The lowest BCUT2D eigenvalue weighted by molar-refractivity contribution is -0.128. The molecule has 1 unspecified atom stereocenters. The van der Waals surface area contributed by atoms with Crippen molar-refractivity contribution in [1.29, 1.82) is 0 Å². The Morgan fingerprint density at radius 2 is 2.33 bits per heavy atom. The number of ether oxygens (including phenoxy) is 1. The van der Waals surface area contributed by atoms with Crippen molar-refractivity contribution in [2.24, 2.45) is 0 Å². The number of carbonyl (C=O) groups excluding carboxylic acids is 2. The predicted octanol–water partition coefficient (Wildman–Crippen LogP) is 1.15. The fourth-order valence-corrected chi connectivity index (χ4v) is 1.24. The van der Waals surface area contributed by atoms with Crippen molar-refractivity contribution in [1.82, 2.24) is 4.90 Å². The Morgan fingerprint density at radius 1 is 1.67 bits per heavy atom. The monoisotopic (exact) mass is 171 g/mol. The van der Waals surface area contributed by atoms with Crippen molar-refractivity contribution in [3.05, 3.63) is 0 Å². The zero-order valence-corrected chi connectivity index (χ0v) is 7.37. The summed E-state index contributed by atoms with van der Waals surface area (Å²) in [5.41, 5.74) is 0. The molecule has 1 atom stereocenters. The lowest BCUT2D eigenvalue weighted by atomic mass is 10.2. The summed E-state index contributed by atoms with van der Waals surface area (Å²) >= 11 is 0. The Kier molecular flexibility index (Phi) is 2.68. The summed E-state index contributed by atoms with van der Waals surface area (Å²) in [4.78, 5) is 23.5. The van der Waals surface area contributed by atoms with E-state index in [0.717, 1.165) is 6.42 Å². The Morgan fingerprint density at radius 3 is 2.83 bits per heavy atom. The summed E-state index contributed by atoms with van der Waals surface area (Å²) in [5, 5.41) is 0. The molecule has 0 radical (unpaired) electrons. The molecule has 0 saturated carbocycles. The number of imide groups is 1. The summed E-state index contributed by atoms with van der Waals surface area (Å²) in [6.07, 6.45) is 0.622. The van der Waals surface area contributed by atoms with Gasteiger partial charge in [0.05, 0.1) is 6.04 Å². The minimum Gasteiger partial charge on any atom is -0.447 e. The molecule has 4 nitrogen and oxygen atoms in total. The first-order valence-electron chi connectivity index (χ1n) is 4.19. The molecule has 0 aromatic heterocycles. The molecule has 1 aliphatic rings. The lowest BCUT2D eigenvalue weighted by Gasteiger charge is -2.16. The number of nitrogens with zero attached hydrogens (tertiary/aromatic N) is 1. The van der Waals surface area contributed by atoms with Crippen LogP contribution in [0, 0.1) is 0 Å². The van der Waals surface area contributed by atoms with E-state index < -0.39 is 6.09 Å². The van der Waals surface area contributed by atoms with E-state index in [0.29, 0.717) is 13.0 Å². The van der Waals surface area contributed by atoms with Gasteiger partial charge in [-0.2, -0.15) is 0 Å². The SMILES string of the molecule is CCC(=O)N1C(=O)OCC1CC. The Labute approximate surface area is 71.5 Å². The van der Waals surface area contributed by atoms with Crippen molar-refractivity contribution in [3.63, 3.8) is 0 Å². The van der Waals surface area contributed by atoms with Crippen LogP contribution in [0.4, 0.5) is 4.79 Å². The minimum atomic E-state index is -0.492. The van der Waals surface area contributed by atoms with Gasteiger partial charge >= 0.3 is 6.09 Å². The van der Waals surface area contributed by atoms with Gasteiger partial charge in [-0.3, -0.25) is 4.79 Å². The second-order valence-corrected chi connectivity index (χ2v) is 2.76. The van der Waals surface area contributed by atoms with Crippen LogP contribution in [-0.4, -0.2) is 29.5 Å². The van der Waals surface area contributed by atoms with Crippen molar-refractivity contribution in [3.8, 4) is 0 Å². The van der Waals surface area contributed by atoms with Crippen molar-refractivity contribution in [2.75, 3.05) is 6.61 Å². The Bertz CT molecular complexity index is 202. The second-order valence-electron chi connectivity index (χ2n) is 2.76. The predicted molar refractivity (Wildman–Crippen MR) is 42.6 cm³/mol. The van der Waals surface area contributed by atoms with Gasteiger partial charge in [-0.05, 0) is 6.42 Å². The maximum atomic E-state index is 11.2. The summed E-state index contributed by atoms with van der Waals surface area (Å²) in [6.45, 7) is 4.02. The van der Waals surface area contributed by atoms with E-state index in [1.54, 1.807) is 6.92 Å². The Balaban J connectivity index is 2.70. The van der Waals surface area contributed by atoms with Crippen LogP contribution >= 0.6 is 0 Å². The highest BCUT2D eigenvalue weighted by atomic mass is 16.6. The van der Waals surface area contributed by atoms with Crippen LogP contribution in [0.2, 0.25) is 0 Å². The molecular formula is C8H13NO3. The highest BCUT2D eigenvalue weighted by molar-refractivity contribution is 5.93.